The van der Waals surface area contributed by atoms with Gasteiger partial charge in [-0.05, 0) is 43.4 Å². The molecule has 2 bridgehead atoms. The second-order valence-electron chi connectivity index (χ2n) is 5.45. The molecular weight excluding hydrogens is 174 g/mol. The van der Waals surface area contributed by atoms with Crippen molar-refractivity contribution >= 4 is 6.29 Å². The van der Waals surface area contributed by atoms with Gasteiger partial charge >= 0.3 is 0 Å². The Morgan fingerprint density at radius 1 is 1.21 bits per heavy atom. The molecule has 2 heterocycles. The van der Waals surface area contributed by atoms with Gasteiger partial charge in [0.15, 0.2) is 0 Å². The summed E-state index contributed by atoms with van der Waals surface area (Å²) >= 11 is 0. The fourth-order valence-corrected chi connectivity index (χ4v) is 3.42. The third kappa shape index (κ3) is 1.50. The van der Waals surface area contributed by atoms with Crippen molar-refractivity contribution in [1.29, 1.82) is 0 Å². The Bertz CT molecular complexity index is 236. The van der Waals surface area contributed by atoms with Gasteiger partial charge in [-0.2, -0.15) is 0 Å². The molecule has 78 valence electrons. The number of fused-ring (bicyclic) bond motifs is 3. The van der Waals surface area contributed by atoms with E-state index in [4.69, 9.17) is 0 Å². The van der Waals surface area contributed by atoms with E-state index >= 15 is 0 Å². The molecule has 0 spiro atoms. The maximum atomic E-state index is 10.8. The van der Waals surface area contributed by atoms with E-state index in [1.165, 1.54) is 38.5 Å². The van der Waals surface area contributed by atoms with Crippen LogP contribution in [0.2, 0.25) is 0 Å². The Hall–Kier alpha value is -0.370. The summed E-state index contributed by atoms with van der Waals surface area (Å²) in [5, 5.41) is 3.52. The molecule has 4 atom stereocenters. The molecule has 4 fully saturated rings. The summed E-state index contributed by atoms with van der Waals surface area (Å²) < 4.78 is 0. The van der Waals surface area contributed by atoms with Crippen LogP contribution < -0.4 is 5.32 Å². The predicted molar refractivity (Wildman–Crippen MR) is 54.9 cm³/mol. The Morgan fingerprint density at radius 3 is 2.64 bits per heavy atom. The molecule has 0 aromatic carbocycles. The Kier molecular flexibility index (Phi) is 2.12. The van der Waals surface area contributed by atoms with Gasteiger partial charge in [-0.1, -0.05) is 12.8 Å². The highest BCUT2D eigenvalue weighted by atomic mass is 16.1. The highest BCUT2D eigenvalue weighted by molar-refractivity contribution is 5.59. The second-order valence-corrected chi connectivity index (χ2v) is 5.45. The molecule has 0 aromatic rings. The molecule has 0 radical (unpaired) electrons. The van der Waals surface area contributed by atoms with Crippen LogP contribution in [0.4, 0.5) is 0 Å². The number of hydrogen-bond donors (Lipinski definition) is 1. The minimum atomic E-state index is 0.184. The molecular formula is C12H19NO. The predicted octanol–water partition coefficient (Wildman–Crippen LogP) is 1.74. The quantitative estimate of drug-likeness (QED) is 0.692. The van der Waals surface area contributed by atoms with Crippen LogP contribution in [-0.2, 0) is 4.79 Å². The average Bonchev–Trinajstić information content (AvgIpc) is 3.02. The standard InChI is InChI=1S/C12H19NO/c14-7-12-9-3-4-11(13-12)10(6-9)5-8-1-2-8/h7-13H,1-6H2/t9-,10-,11+,12-/m1/s1. The SMILES string of the molecule is O=C[C@H]1N[C@H]2CC[C@@H]1C[C@H]2CC1CC1. The number of carbonyl (C=O) groups excluding carboxylic acids is 1. The lowest BCUT2D eigenvalue weighted by molar-refractivity contribution is -0.113. The number of rotatable bonds is 3. The van der Waals surface area contributed by atoms with Gasteiger partial charge in [0.1, 0.15) is 6.29 Å². The summed E-state index contributed by atoms with van der Waals surface area (Å²) in [4.78, 5) is 10.8. The normalized spacial score (nSPS) is 46.6. The number of hydrogen-bond acceptors (Lipinski definition) is 2. The molecule has 2 aliphatic heterocycles. The van der Waals surface area contributed by atoms with E-state index in [0.717, 1.165) is 18.1 Å². The third-order valence-electron chi connectivity index (χ3n) is 4.42. The highest BCUT2D eigenvalue weighted by Crippen LogP contribution is 2.44. The van der Waals surface area contributed by atoms with Gasteiger partial charge in [-0.15, -0.1) is 0 Å². The maximum absolute atomic E-state index is 10.8. The van der Waals surface area contributed by atoms with E-state index in [2.05, 4.69) is 5.32 Å². The minimum Gasteiger partial charge on any atom is -0.304 e. The summed E-state index contributed by atoms with van der Waals surface area (Å²) in [6.45, 7) is 0. The zero-order chi connectivity index (χ0) is 9.54. The first-order valence-corrected chi connectivity index (χ1v) is 6.08. The first kappa shape index (κ1) is 8.90. The summed E-state index contributed by atoms with van der Waals surface area (Å²) in [5.41, 5.74) is 0. The smallest absolute Gasteiger partial charge is 0.137 e. The second kappa shape index (κ2) is 3.34. The lowest BCUT2D eigenvalue weighted by Gasteiger charge is -2.46. The molecule has 2 aliphatic carbocycles. The number of nitrogens with one attached hydrogen (secondary N) is 1. The summed E-state index contributed by atoms with van der Waals surface area (Å²) in [6.07, 6.45) is 9.39. The first-order chi connectivity index (χ1) is 6.86. The van der Waals surface area contributed by atoms with Gasteiger partial charge in [-0.25, -0.2) is 0 Å². The average molecular weight is 193 g/mol. The lowest BCUT2D eigenvalue weighted by atomic mass is 9.69. The van der Waals surface area contributed by atoms with Crippen LogP contribution in [0.3, 0.4) is 0 Å². The Morgan fingerprint density at radius 2 is 2.07 bits per heavy atom. The molecule has 14 heavy (non-hydrogen) atoms. The van der Waals surface area contributed by atoms with Gasteiger partial charge in [0.25, 0.3) is 0 Å². The lowest BCUT2D eigenvalue weighted by Crippen LogP contribution is -2.57. The molecule has 2 heteroatoms. The van der Waals surface area contributed by atoms with Crippen LogP contribution in [0.5, 0.6) is 0 Å². The van der Waals surface area contributed by atoms with Crippen molar-refractivity contribution in [3.63, 3.8) is 0 Å². The third-order valence-corrected chi connectivity index (χ3v) is 4.42. The van der Waals surface area contributed by atoms with E-state index in [1.54, 1.807) is 0 Å². The fourth-order valence-electron chi connectivity index (χ4n) is 3.42. The minimum absolute atomic E-state index is 0.184. The topological polar surface area (TPSA) is 29.1 Å². The zero-order valence-corrected chi connectivity index (χ0v) is 8.61. The van der Waals surface area contributed by atoms with Crippen LogP contribution >= 0.6 is 0 Å². The summed E-state index contributed by atoms with van der Waals surface area (Å²) in [5.74, 6) is 2.58. The summed E-state index contributed by atoms with van der Waals surface area (Å²) in [6, 6.07) is 0.847. The van der Waals surface area contributed by atoms with Crippen LogP contribution in [0.1, 0.15) is 38.5 Å². The molecule has 0 aromatic heterocycles. The van der Waals surface area contributed by atoms with Crippen molar-refractivity contribution < 1.29 is 4.79 Å². The van der Waals surface area contributed by atoms with E-state index < -0.39 is 0 Å². The van der Waals surface area contributed by atoms with Crippen LogP contribution in [0, 0.1) is 17.8 Å². The first-order valence-electron chi connectivity index (χ1n) is 6.08. The van der Waals surface area contributed by atoms with Gasteiger partial charge in [0.2, 0.25) is 0 Å². The molecule has 2 nitrogen and oxygen atoms in total. The largest absolute Gasteiger partial charge is 0.304 e. The van der Waals surface area contributed by atoms with Crippen molar-refractivity contribution in [3.8, 4) is 0 Å². The number of carbonyl (C=O) groups is 1. The van der Waals surface area contributed by atoms with Crippen molar-refractivity contribution in [1.82, 2.24) is 5.32 Å². The maximum Gasteiger partial charge on any atom is 0.137 e. The molecule has 2 saturated heterocycles. The van der Waals surface area contributed by atoms with Gasteiger partial charge in [0, 0.05) is 6.04 Å². The van der Waals surface area contributed by atoms with Gasteiger partial charge < -0.3 is 10.1 Å². The van der Waals surface area contributed by atoms with Crippen LogP contribution in [0.25, 0.3) is 0 Å². The zero-order valence-electron chi connectivity index (χ0n) is 8.61. The fraction of sp³-hybridized carbons (Fsp3) is 0.917. The molecule has 1 N–H and O–H groups in total. The van der Waals surface area contributed by atoms with Crippen molar-refractivity contribution in [3.05, 3.63) is 0 Å². The Balaban J connectivity index is 1.65. The van der Waals surface area contributed by atoms with Crippen molar-refractivity contribution in [2.45, 2.75) is 50.6 Å². The monoisotopic (exact) mass is 193 g/mol. The molecule has 0 unspecified atom stereocenters. The van der Waals surface area contributed by atoms with E-state index in [1.807, 2.05) is 0 Å². The van der Waals surface area contributed by atoms with Crippen molar-refractivity contribution in [2.24, 2.45) is 17.8 Å². The Labute approximate surface area is 85.4 Å². The van der Waals surface area contributed by atoms with E-state index in [9.17, 15) is 4.79 Å². The molecule has 4 aliphatic rings. The van der Waals surface area contributed by atoms with Gasteiger partial charge in [-0.3, -0.25) is 0 Å². The molecule has 2 saturated carbocycles. The highest BCUT2D eigenvalue weighted by Gasteiger charge is 2.42. The molecule has 4 rings (SSSR count). The summed E-state index contributed by atoms with van der Waals surface area (Å²) in [7, 11) is 0. The van der Waals surface area contributed by atoms with Crippen molar-refractivity contribution in [2.75, 3.05) is 0 Å². The van der Waals surface area contributed by atoms with Gasteiger partial charge in [0.05, 0.1) is 6.04 Å². The van der Waals surface area contributed by atoms with Crippen LogP contribution in [-0.4, -0.2) is 18.4 Å². The van der Waals surface area contributed by atoms with E-state index in [0.29, 0.717) is 12.0 Å². The number of aldehydes is 1. The van der Waals surface area contributed by atoms with E-state index in [-0.39, 0.29) is 6.04 Å². The number of piperidine rings is 2. The molecule has 0 amide bonds. The van der Waals surface area contributed by atoms with Crippen LogP contribution in [0.15, 0.2) is 0 Å².